The molecule has 0 radical (unpaired) electrons. The molecule has 5 heteroatoms. The van der Waals surface area contributed by atoms with Crippen LogP contribution in [0.3, 0.4) is 0 Å². The molecule has 0 N–H and O–H groups in total. The first-order valence-electron chi connectivity index (χ1n) is 9.43. The van der Waals surface area contributed by atoms with Gasteiger partial charge in [-0.2, -0.15) is 0 Å². The standard InChI is InChI=1S/C21H25N3O2/c1-15-7-8-17(11-23-15)21(25)24-12-18-5-2-6-20(19(18)13-24)26-14-16-4-3-9-22-10-16/h3-4,7-11,18-20H,2,5-6,12-14H2,1H3/t18-,19+,20+/m1/s1. The van der Waals surface area contributed by atoms with Gasteiger partial charge in [0.05, 0.1) is 18.3 Å². The summed E-state index contributed by atoms with van der Waals surface area (Å²) in [5.74, 6) is 1.07. The molecule has 3 heterocycles. The zero-order valence-corrected chi connectivity index (χ0v) is 15.2. The number of hydrogen-bond acceptors (Lipinski definition) is 4. The monoisotopic (exact) mass is 351 g/mol. The minimum atomic E-state index is 0.0953. The number of carbonyl (C=O) groups is 1. The van der Waals surface area contributed by atoms with E-state index in [-0.39, 0.29) is 12.0 Å². The van der Waals surface area contributed by atoms with Gasteiger partial charge >= 0.3 is 0 Å². The van der Waals surface area contributed by atoms with E-state index in [0.29, 0.717) is 24.0 Å². The second-order valence-electron chi connectivity index (χ2n) is 7.46. The molecule has 2 aromatic heterocycles. The quantitative estimate of drug-likeness (QED) is 0.848. The number of rotatable bonds is 4. The fourth-order valence-electron chi connectivity index (χ4n) is 4.25. The lowest BCUT2D eigenvalue weighted by molar-refractivity contribution is -0.0293. The van der Waals surface area contributed by atoms with Crippen LogP contribution in [0.1, 0.15) is 40.9 Å². The van der Waals surface area contributed by atoms with Crippen molar-refractivity contribution >= 4 is 5.91 Å². The molecule has 2 fully saturated rings. The first-order chi connectivity index (χ1) is 12.7. The van der Waals surface area contributed by atoms with Gasteiger partial charge in [-0.3, -0.25) is 14.8 Å². The van der Waals surface area contributed by atoms with Crippen LogP contribution in [0.25, 0.3) is 0 Å². The average molecular weight is 351 g/mol. The third-order valence-electron chi connectivity index (χ3n) is 5.67. The maximum Gasteiger partial charge on any atom is 0.255 e. The molecule has 1 saturated carbocycles. The summed E-state index contributed by atoms with van der Waals surface area (Å²) < 4.78 is 6.24. The Morgan fingerprint density at radius 2 is 2.15 bits per heavy atom. The van der Waals surface area contributed by atoms with Crippen molar-refractivity contribution in [1.29, 1.82) is 0 Å². The van der Waals surface area contributed by atoms with Crippen molar-refractivity contribution in [3.63, 3.8) is 0 Å². The number of nitrogens with zero attached hydrogens (tertiary/aromatic N) is 3. The van der Waals surface area contributed by atoms with Crippen molar-refractivity contribution in [2.45, 2.75) is 38.9 Å². The first-order valence-corrected chi connectivity index (χ1v) is 9.43. The summed E-state index contributed by atoms with van der Waals surface area (Å²) in [7, 11) is 0. The van der Waals surface area contributed by atoms with E-state index in [2.05, 4.69) is 9.97 Å². The molecule has 2 aromatic rings. The highest BCUT2D eigenvalue weighted by Crippen LogP contribution is 2.38. The fraction of sp³-hybridized carbons (Fsp3) is 0.476. The van der Waals surface area contributed by atoms with Gasteiger partial charge in [0, 0.05) is 43.3 Å². The Hall–Kier alpha value is -2.27. The van der Waals surface area contributed by atoms with Gasteiger partial charge in [0.15, 0.2) is 0 Å². The van der Waals surface area contributed by atoms with E-state index in [4.69, 9.17) is 4.74 Å². The summed E-state index contributed by atoms with van der Waals surface area (Å²) >= 11 is 0. The Bertz CT molecular complexity index is 748. The molecule has 5 nitrogen and oxygen atoms in total. The number of likely N-dealkylation sites (tertiary alicyclic amines) is 1. The third kappa shape index (κ3) is 3.63. The molecule has 3 atom stereocenters. The maximum atomic E-state index is 12.8. The molecule has 0 spiro atoms. The minimum Gasteiger partial charge on any atom is -0.373 e. The summed E-state index contributed by atoms with van der Waals surface area (Å²) in [6, 6.07) is 7.76. The molecule has 4 rings (SSSR count). The van der Waals surface area contributed by atoms with E-state index in [0.717, 1.165) is 30.8 Å². The highest BCUT2D eigenvalue weighted by Gasteiger charge is 2.42. The van der Waals surface area contributed by atoms with E-state index < -0.39 is 0 Å². The van der Waals surface area contributed by atoms with Gasteiger partial charge in [0.2, 0.25) is 0 Å². The summed E-state index contributed by atoms with van der Waals surface area (Å²) in [6.45, 7) is 4.15. The van der Waals surface area contributed by atoms with Crippen LogP contribution in [-0.2, 0) is 11.3 Å². The van der Waals surface area contributed by atoms with E-state index in [9.17, 15) is 4.79 Å². The highest BCUT2D eigenvalue weighted by molar-refractivity contribution is 5.94. The Kier molecular flexibility index (Phi) is 4.98. The molecular formula is C21H25N3O2. The predicted molar refractivity (Wildman–Crippen MR) is 98.5 cm³/mol. The van der Waals surface area contributed by atoms with Crippen molar-refractivity contribution in [1.82, 2.24) is 14.9 Å². The van der Waals surface area contributed by atoms with E-state index in [1.807, 2.05) is 42.3 Å². The van der Waals surface area contributed by atoms with Gasteiger partial charge < -0.3 is 9.64 Å². The highest BCUT2D eigenvalue weighted by atomic mass is 16.5. The topological polar surface area (TPSA) is 55.3 Å². The Morgan fingerprint density at radius 3 is 2.92 bits per heavy atom. The number of carbonyl (C=O) groups excluding carboxylic acids is 1. The predicted octanol–water partition coefficient (Wildman–Crippen LogP) is 3.24. The van der Waals surface area contributed by atoms with Crippen LogP contribution >= 0.6 is 0 Å². The molecular weight excluding hydrogens is 326 g/mol. The van der Waals surface area contributed by atoms with Crippen molar-refractivity contribution in [2.75, 3.05) is 13.1 Å². The number of ether oxygens (including phenoxy) is 1. The number of aromatic nitrogens is 2. The first kappa shape index (κ1) is 17.2. The van der Waals surface area contributed by atoms with Crippen LogP contribution in [0, 0.1) is 18.8 Å². The lowest BCUT2D eigenvalue weighted by atomic mass is 9.79. The van der Waals surface area contributed by atoms with Crippen LogP contribution in [0.4, 0.5) is 0 Å². The molecule has 0 unspecified atom stereocenters. The second-order valence-corrected chi connectivity index (χ2v) is 7.46. The summed E-state index contributed by atoms with van der Waals surface area (Å²) in [5.41, 5.74) is 2.72. The van der Waals surface area contributed by atoms with Crippen LogP contribution in [0.5, 0.6) is 0 Å². The summed E-state index contributed by atoms with van der Waals surface area (Å²) in [6.07, 6.45) is 8.99. The molecule has 1 aliphatic heterocycles. The van der Waals surface area contributed by atoms with Gasteiger partial charge in [0.25, 0.3) is 5.91 Å². The number of fused-ring (bicyclic) bond motifs is 1. The normalized spacial score (nSPS) is 25.1. The molecule has 136 valence electrons. The molecule has 0 bridgehead atoms. The van der Waals surface area contributed by atoms with Crippen LogP contribution in [-0.4, -0.2) is 40.0 Å². The summed E-state index contributed by atoms with van der Waals surface area (Å²) in [5, 5.41) is 0. The van der Waals surface area contributed by atoms with E-state index in [1.54, 1.807) is 12.4 Å². The van der Waals surface area contributed by atoms with Crippen LogP contribution in [0.15, 0.2) is 42.9 Å². The molecule has 1 aliphatic carbocycles. The zero-order valence-electron chi connectivity index (χ0n) is 15.2. The molecule has 0 aromatic carbocycles. The SMILES string of the molecule is Cc1ccc(C(=O)N2C[C@H]3CCC[C@H](OCc4cccnc4)[C@H]3C2)cn1. The smallest absolute Gasteiger partial charge is 0.255 e. The Morgan fingerprint density at radius 1 is 1.23 bits per heavy atom. The van der Waals surface area contributed by atoms with Gasteiger partial charge in [0.1, 0.15) is 0 Å². The maximum absolute atomic E-state index is 12.8. The van der Waals surface area contributed by atoms with Crippen molar-refractivity contribution in [2.24, 2.45) is 11.8 Å². The van der Waals surface area contributed by atoms with Crippen molar-refractivity contribution < 1.29 is 9.53 Å². The van der Waals surface area contributed by atoms with Gasteiger partial charge in [-0.15, -0.1) is 0 Å². The van der Waals surface area contributed by atoms with E-state index in [1.165, 1.54) is 12.8 Å². The van der Waals surface area contributed by atoms with Gasteiger partial charge in [-0.05, 0) is 49.4 Å². The van der Waals surface area contributed by atoms with Crippen LogP contribution in [0.2, 0.25) is 0 Å². The molecule has 26 heavy (non-hydrogen) atoms. The second kappa shape index (κ2) is 7.54. The fourth-order valence-corrected chi connectivity index (χ4v) is 4.25. The third-order valence-corrected chi connectivity index (χ3v) is 5.67. The molecule has 2 aliphatic rings. The number of hydrogen-bond donors (Lipinski definition) is 0. The number of aryl methyl sites for hydroxylation is 1. The zero-order chi connectivity index (χ0) is 17.9. The minimum absolute atomic E-state index is 0.0953. The molecule has 1 saturated heterocycles. The number of pyridine rings is 2. The van der Waals surface area contributed by atoms with Crippen molar-refractivity contribution in [3.8, 4) is 0 Å². The lowest BCUT2D eigenvalue weighted by Gasteiger charge is -2.32. The largest absolute Gasteiger partial charge is 0.373 e. The van der Waals surface area contributed by atoms with Gasteiger partial charge in [-0.25, -0.2) is 0 Å². The Labute approximate surface area is 154 Å². The summed E-state index contributed by atoms with van der Waals surface area (Å²) in [4.78, 5) is 23.2. The lowest BCUT2D eigenvalue weighted by Crippen LogP contribution is -2.34. The number of amides is 1. The van der Waals surface area contributed by atoms with Gasteiger partial charge in [-0.1, -0.05) is 12.5 Å². The Balaban J connectivity index is 1.40. The molecule has 1 amide bonds. The van der Waals surface area contributed by atoms with E-state index >= 15 is 0 Å². The van der Waals surface area contributed by atoms with Crippen molar-refractivity contribution in [3.05, 3.63) is 59.7 Å². The van der Waals surface area contributed by atoms with Crippen LogP contribution < -0.4 is 0 Å². The average Bonchev–Trinajstić information content (AvgIpc) is 3.12.